The van der Waals surface area contributed by atoms with E-state index in [0.717, 1.165) is 26.1 Å². The van der Waals surface area contributed by atoms with Gasteiger partial charge in [0.2, 0.25) is 0 Å². The molecule has 0 spiro atoms. The van der Waals surface area contributed by atoms with E-state index in [1.54, 1.807) is 0 Å². The van der Waals surface area contributed by atoms with Gasteiger partial charge in [0.05, 0.1) is 6.10 Å². The van der Waals surface area contributed by atoms with Gasteiger partial charge in [0.25, 0.3) is 0 Å². The Balaban J connectivity index is 1.53. The molecule has 2 aliphatic heterocycles. The standard InChI is InChI=1S/C18H32N2O3/c1-17(2,3)23-16(21)20-9-8-12(11-20)19-14-13-7-6-10-22-15(13)18(14,4)5/h12-15,19H,6-11H2,1-5H3. The van der Waals surface area contributed by atoms with Crippen LogP contribution in [0, 0.1) is 11.3 Å². The second kappa shape index (κ2) is 5.92. The molecular formula is C18H32N2O3. The summed E-state index contributed by atoms with van der Waals surface area (Å²) >= 11 is 0. The van der Waals surface area contributed by atoms with Crippen molar-refractivity contribution in [2.45, 2.75) is 77.7 Å². The molecule has 132 valence electrons. The van der Waals surface area contributed by atoms with Crippen LogP contribution in [0.25, 0.3) is 0 Å². The summed E-state index contributed by atoms with van der Waals surface area (Å²) in [4.78, 5) is 14.0. The maximum Gasteiger partial charge on any atom is 0.410 e. The molecule has 4 atom stereocenters. The maximum atomic E-state index is 12.2. The molecule has 3 aliphatic rings. The molecule has 0 bridgehead atoms. The number of carbonyl (C=O) groups excluding carboxylic acids is 1. The molecule has 2 saturated heterocycles. The van der Waals surface area contributed by atoms with E-state index in [0.29, 0.717) is 24.1 Å². The molecule has 2 heterocycles. The van der Waals surface area contributed by atoms with Crippen LogP contribution < -0.4 is 5.32 Å². The third-order valence-electron chi connectivity index (χ3n) is 5.59. The Morgan fingerprint density at radius 1 is 1.30 bits per heavy atom. The van der Waals surface area contributed by atoms with E-state index >= 15 is 0 Å². The minimum atomic E-state index is -0.425. The van der Waals surface area contributed by atoms with E-state index in [-0.39, 0.29) is 11.5 Å². The number of fused-ring (bicyclic) bond motifs is 1. The summed E-state index contributed by atoms with van der Waals surface area (Å²) in [5.74, 6) is 0.634. The Morgan fingerprint density at radius 3 is 2.74 bits per heavy atom. The van der Waals surface area contributed by atoms with Crippen LogP contribution in [0.5, 0.6) is 0 Å². The molecule has 5 nitrogen and oxygen atoms in total. The van der Waals surface area contributed by atoms with Crippen LogP contribution in [0.2, 0.25) is 0 Å². The van der Waals surface area contributed by atoms with Gasteiger partial charge in [-0.05, 0) is 40.0 Å². The fourth-order valence-corrected chi connectivity index (χ4v) is 4.50. The van der Waals surface area contributed by atoms with Crippen molar-refractivity contribution in [2.24, 2.45) is 11.3 Å². The quantitative estimate of drug-likeness (QED) is 0.848. The molecular weight excluding hydrogens is 292 g/mol. The molecule has 1 aliphatic carbocycles. The first-order valence-corrected chi connectivity index (χ1v) is 9.04. The van der Waals surface area contributed by atoms with E-state index in [1.165, 1.54) is 12.8 Å². The highest BCUT2D eigenvalue weighted by Crippen LogP contribution is 2.51. The maximum absolute atomic E-state index is 12.2. The molecule has 23 heavy (non-hydrogen) atoms. The third-order valence-corrected chi connectivity index (χ3v) is 5.59. The summed E-state index contributed by atoms with van der Waals surface area (Å²) in [7, 11) is 0. The number of amides is 1. The van der Waals surface area contributed by atoms with Gasteiger partial charge in [0.15, 0.2) is 0 Å². The largest absolute Gasteiger partial charge is 0.444 e. The summed E-state index contributed by atoms with van der Waals surface area (Å²) < 4.78 is 11.5. The van der Waals surface area contributed by atoms with Crippen molar-refractivity contribution in [3.05, 3.63) is 0 Å². The van der Waals surface area contributed by atoms with Crippen LogP contribution in [0.15, 0.2) is 0 Å². The van der Waals surface area contributed by atoms with Gasteiger partial charge in [-0.1, -0.05) is 13.8 Å². The average Bonchev–Trinajstić information content (AvgIpc) is 2.92. The van der Waals surface area contributed by atoms with E-state index in [1.807, 2.05) is 25.7 Å². The number of rotatable bonds is 2. The Bertz CT molecular complexity index is 458. The number of ether oxygens (including phenoxy) is 2. The van der Waals surface area contributed by atoms with Gasteiger partial charge in [-0.25, -0.2) is 4.79 Å². The average molecular weight is 324 g/mol. The summed E-state index contributed by atoms with van der Waals surface area (Å²) in [6, 6.07) is 0.867. The molecule has 0 aromatic rings. The second-order valence-electron chi connectivity index (χ2n) is 8.98. The first kappa shape index (κ1) is 17.0. The number of nitrogens with zero attached hydrogens (tertiary/aromatic N) is 1. The monoisotopic (exact) mass is 324 g/mol. The lowest BCUT2D eigenvalue weighted by Crippen LogP contribution is -2.70. The van der Waals surface area contributed by atoms with Gasteiger partial charge in [-0.15, -0.1) is 0 Å². The molecule has 1 N–H and O–H groups in total. The first-order chi connectivity index (χ1) is 10.7. The van der Waals surface area contributed by atoms with Crippen LogP contribution in [-0.2, 0) is 9.47 Å². The Kier molecular flexibility index (Phi) is 4.38. The molecule has 3 rings (SSSR count). The van der Waals surface area contributed by atoms with Gasteiger partial charge in [-0.3, -0.25) is 0 Å². The lowest BCUT2D eigenvalue weighted by molar-refractivity contribution is -0.194. The summed E-state index contributed by atoms with van der Waals surface area (Å²) in [5, 5.41) is 3.82. The number of nitrogens with one attached hydrogen (secondary N) is 1. The van der Waals surface area contributed by atoms with E-state index < -0.39 is 5.60 Å². The van der Waals surface area contributed by atoms with Gasteiger partial charge in [0, 0.05) is 43.1 Å². The van der Waals surface area contributed by atoms with Gasteiger partial charge >= 0.3 is 6.09 Å². The predicted octanol–water partition coefficient (Wildman–Crippen LogP) is 2.79. The van der Waals surface area contributed by atoms with Crippen LogP contribution in [0.3, 0.4) is 0 Å². The minimum absolute atomic E-state index is 0.185. The molecule has 0 aromatic heterocycles. The molecule has 5 heteroatoms. The first-order valence-electron chi connectivity index (χ1n) is 9.04. The number of likely N-dealkylation sites (tertiary alicyclic amines) is 1. The minimum Gasteiger partial charge on any atom is -0.444 e. The fraction of sp³-hybridized carbons (Fsp3) is 0.944. The Morgan fingerprint density at radius 2 is 2.04 bits per heavy atom. The van der Waals surface area contributed by atoms with Gasteiger partial charge in [-0.2, -0.15) is 0 Å². The number of hydrogen-bond acceptors (Lipinski definition) is 4. The summed E-state index contributed by atoms with van der Waals surface area (Å²) in [6.07, 6.45) is 3.65. The highest BCUT2D eigenvalue weighted by molar-refractivity contribution is 5.68. The number of hydrogen-bond donors (Lipinski definition) is 1. The van der Waals surface area contributed by atoms with Crippen LogP contribution in [0.1, 0.15) is 53.9 Å². The second-order valence-corrected chi connectivity index (χ2v) is 8.98. The zero-order valence-corrected chi connectivity index (χ0v) is 15.2. The van der Waals surface area contributed by atoms with Crippen molar-refractivity contribution in [1.29, 1.82) is 0 Å². The Hall–Kier alpha value is -0.810. The summed E-state index contributed by atoms with van der Waals surface area (Å²) in [6.45, 7) is 12.8. The highest BCUT2D eigenvalue weighted by atomic mass is 16.6. The van der Waals surface area contributed by atoms with Crippen LogP contribution in [0.4, 0.5) is 4.79 Å². The molecule has 4 unspecified atom stereocenters. The normalized spacial score (nSPS) is 36.3. The summed E-state index contributed by atoms with van der Waals surface area (Å²) in [5.41, 5.74) is -0.240. The fourth-order valence-electron chi connectivity index (χ4n) is 4.50. The molecule has 1 saturated carbocycles. The van der Waals surface area contributed by atoms with Crippen molar-refractivity contribution in [1.82, 2.24) is 10.2 Å². The lowest BCUT2D eigenvalue weighted by atomic mass is 9.55. The zero-order valence-electron chi connectivity index (χ0n) is 15.2. The number of carbonyl (C=O) groups is 1. The molecule has 0 aromatic carbocycles. The van der Waals surface area contributed by atoms with Crippen molar-refractivity contribution in [3.8, 4) is 0 Å². The van der Waals surface area contributed by atoms with Gasteiger partial charge < -0.3 is 19.7 Å². The highest BCUT2D eigenvalue weighted by Gasteiger charge is 2.58. The van der Waals surface area contributed by atoms with Crippen LogP contribution in [-0.4, -0.2) is 54.5 Å². The third kappa shape index (κ3) is 3.36. The van der Waals surface area contributed by atoms with E-state index in [9.17, 15) is 4.79 Å². The van der Waals surface area contributed by atoms with Crippen molar-refractivity contribution in [3.63, 3.8) is 0 Å². The van der Waals surface area contributed by atoms with Crippen molar-refractivity contribution < 1.29 is 14.3 Å². The van der Waals surface area contributed by atoms with E-state index in [2.05, 4.69) is 19.2 Å². The van der Waals surface area contributed by atoms with Crippen molar-refractivity contribution in [2.75, 3.05) is 19.7 Å². The van der Waals surface area contributed by atoms with Crippen LogP contribution >= 0.6 is 0 Å². The lowest BCUT2D eigenvalue weighted by Gasteiger charge is -2.60. The SMILES string of the molecule is CC(C)(C)OC(=O)N1CCC(NC2C3CCCOC3C2(C)C)C1. The topological polar surface area (TPSA) is 50.8 Å². The van der Waals surface area contributed by atoms with Crippen molar-refractivity contribution >= 4 is 6.09 Å². The predicted molar refractivity (Wildman–Crippen MR) is 89.4 cm³/mol. The van der Waals surface area contributed by atoms with Gasteiger partial charge in [0.1, 0.15) is 5.60 Å². The molecule has 1 amide bonds. The zero-order chi connectivity index (χ0) is 16.8. The molecule has 3 fully saturated rings. The smallest absolute Gasteiger partial charge is 0.410 e. The van der Waals surface area contributed by atoms with E-state index in [4.69, 9.17) is 9.47 Å². The molecule has 0 radical (unpaired) electrons. The Labute approximate surface area is 140 Å².